The number of amides is 1. The normalized spacial score (nSPS) is 16.4. The molecule has 8 heteroatoms. The first kappa shape index (κ1) is 30.1. The second kappa shape index (κ2) is 14.1. The molecule has 1 saturated heterocycles. The Balaban J connectivity index is 1.67. The van der Waals surface area contributed by atoms with Crippen LogP contribution < -0.4 is 5.73 Å². The van der Waals surface area contributed by atoms with E-state index in [-0.39, 0.29) is 22.8 Å². The minimum absolute atomic E-state index is 0.0535. The lowest BCUT2D eigenvalue weighted by atomic mass is 9.88. The first-order valence-corrected chi connectivity index (χ1v) is 14.1. The molecule has 206 valence electrons. The van der Waals surface area contributed by atoms with E-state index in [1.165, 1.54) is 12.1 Å². The van der Waals surface area contributed by atoms with Crippen LogP contribution in [0, 0.1) is 17.1 Å². The largest absolute Gasteiger partial charge is 0.350 e. The molecule has 1 aromatic carbocycles. The molecule has 1 aliphatic rings. The molecule has 0 bridgehead atoms. The van der Waals surface area contributed by atoms with E-state index in [2.05, 4.69) is 35.7 Å². The quantitative estimate of drug-likeness (QED) is 0.159. The van der Waals surface area contributed by atoms with Crippen molar-refractivity contribution in [2.75, 3.05) is 19.6 Å². The minimum atomic E-state index is -0.472. The maximum Gasteiger partial charge on any atom is 0.222 e. The van der Waals surface area contributed by atoms with E-state index < -0.39 is 5.82 Å². The lowest BCUT2D eigenvalue weighted by Gasteiger charge is -2.33. The number of carbonyl (C=O) groups excluding carboxylic acids is 1. The molecule has 0 aliphatic carbocycles. The molecule has 1 aromatic heterocycles. The van der Waals surface area contributed by atoms with Gasteiger partial charge in [-0.3, -0.25) is 4.79 Å². The zero-order valence-corrected chi connectivity index (χ0v) is 23.9. The Morgan fingerprint density at radius 2 is 1.97 bits per heavy atom. The van der Waals surface area contributed by atoms with Crippen LogP contribution in [-0.2, 0) is 4.79 Å². The SMILES string of the molecule is C=C/C(=C\C(CCC(C)c1c(Cl)ccc(F)c1Cl)C(C)=N)c1ccn(C2CCN(C(=O)CCCN)CC2)c1. The van der Waals surface area contributed by atoms with Crippen molar-refractivity contribution in [1.29, 1.82) is 5.41 Å². The molecular formula is C30H39Cl2FN4O. The summed E-state index contributed by atoms with van der Waals surface area (Å²) < 4.78 is 16.3. The van der Waals surface area contributed by atoms with E-state index in [1.54, 1.807) is 0 Å². The first-order valence-electron chi connectivity index (χ1n) is 13.3. The molecule has 5 nitrogen and oxygen atoms in total. The van der Waals surface area contributed by atoms with Crippen LogP contribution in [0.15, 0.2) is 49.3 Å². The highest BCUT2D eigenvalue weighted by Crippen LogP contribution is 2.37. The molecule has 0 saturated carbocycles. The fourth-order valence-electron chi connectivity index (χ4n) is 5.13. The van der Waals surface area contributed by atoms with Gasteiger partial charge in [-0.25, -0.2) is 4.39 Å². The highest BCUT2D eigenvalue weighted by molar-refractivity contribution is 6.36. The molecule has 2 unspecified atom stereocenters. The fraction of sp³-hybridized carbons (Fsp3) is 0.467. The lowest BCUT2D eigenvalue weighted by molar-refractivity contribution is -0.132. The third kappa shape index (κ3) is 7.58. The van der Waals surface area contributed by atoms with Gasteiger partial charge in [-0.05, 0) is 86.4 Å². The number of carbonyl (C=O) groups is 1. The van der Waals surface area contributed by atoms with Crippen LogP contribution in [0.4, 0.5) is 4.39 Å². The molecule has 2 heterocycles. The molecule has 3 rings (SSSR count). The molecule has 2 aromatic rings. The van der Waals surface area contributed by atoms with Gasteiger partial charge in [0.05, 0.1) is 5.02 Å². The van der Waals surface area contributed by atoms with E-state index >= 15 is 0 Å². The molecular weight excluding hydrogens is 522 g/mol. The summed E-state index contributed by atoms with van der Waals surface area (Å²) in [6.45, 7) is 9.88. The average Bonchev–Trinajstić information content (AvgIpc) is 3.39. The number of hydrogen-bond acceptors (Lipinski definition) is 3. The van der Waals surface area contributed by atoms with Crippen LogP contribution in [0.1, 0.15) is 75.5 Å². The second-order valence-electron chi connectivity index (χ2n) is 10.2. The van der Waals surface area contributed by atoms with Gasteiger partial charge in [-0.1, -0.05) is 48.9 Å². The van der Waals surface area contributed by atoms with Crippen molar-refractivity contribution in [3.63, 3.8) is 0 Å². The number of nitrogens with zero attached hydrogens (tertiary/aromatic N) is 2. The van der Waals surface area contributed by atoms with Gasteiger partial charge in [0.2, 0.25) is 5.91 Å². The van der Waals surface area contributed by atoms with Gasteiger partial charge in [0.15, 0.2) is 0 Å². The van der Waals surface area contributed by atoms with Crippen LogP contribution in [0.3, 0.4) is 0 Å². The van der Waals surface area contributed by atoms with Crippen molar-refractivity contribution in [3.8, 4) is 0 Å². The van der Waals surface area contributed by atoms with Gasteiger partial charge in [0.25, 0.3) is 0 Å². The van der Waals surface area contributed by atoms with Crippen LogP contribution in [0.5, 0.6) is 0 Å². The van der Waals surface area contributed by atoms with Crippen LogP contribution >= 0.6 is 23.2 Å². The van der Waals surface area contributed by atoms with Gasteiger partial charge < -0.3 is 20.6 Å². The molecule has 38 heavy (non-hydrogen) atoms. The van der Waals surface area contributed by atoms with Gasteiger partial charge in [0.1, 0.15) is 5.82 Å². The molecule has 1 fully saturated rings. The number of rotatable bonds is 12. The van der Waals surface area contributed by atoms with Crippen molar-refractivity contribution in [1.82, 2.24) is 9.47 Å². The predicted octanol–water partition coefficient (Wildman–Crippen LogP) is 7.65. The number of halogens is 3. The molecule has 0 radical (unpaired) electrons. The Bertz CT molecular complexity index is 1170. The summed E-state index contributed by atoms with van der Waals surface area (Å²) >= 11 is 12.5. The number of benzene rings is 1. The van der Waals surface area contributed by atoms with E-state index in [1.807, 2.05) is 24.8 Å². The number of nitrogens with one attached hydrogen (secondary N) is 1. The van der Waals surface area contributed by atoms with Crippen LogP contribution in [0.2, 0.25) is 10.0 Å². The summed E-state index contributed by atoms with van der Waals surface area (Å²) in [5, 5.41) is 8.91. The summed E-state index contributed by atoms with van der Waals surface area (Å²) in [6, 6.07) is 5.24. The molecule has 1 amide bonds. The Morgan fingerprint density at radius 3 is 2.61 bits per heavy atom. The summed E-state index contributed by atoms with van der Waals surface area (Å²) in [6.07, 6.45) is 12.6. The number of nitrogens with two attached hydrogens (primary N) is 1. The molecule has 2 atom stereocenters. The maximum absolute atomic E-state index is 14.0. The fourth-order valence-corrected chi connectivity index (χ4v) is 5.87. The van der Waals surface area contributed by atoms with Crippen molar-refractivity contribution in [2.45, 2.75) is 64.3 Å². The van der Waals surface area contributed by atoms with E-state index in [9.17, 15) is 9.18 Å². The zero-order valence-electron chi connectivity index (χ0n) is 22.4. The standard InChI is InChI=1S/C30H39Cl2FN4O/c1-4-22(18-23(21(3)35)8-7-20(2)29-26(31)9-10-27(33)30(29)32)24-11-15-37(19-24)25-12-16-36(17-13-25)28(38)6-5-14-34/h4,9-11,15,18-20,23,25,35H,1,5-8,12-14,16-17,34H2,2-3H3/b22-18+,35-21?. The van der Waals surface area contributed by atoms with Gasteiger partial charge in [-0.2, -0.15) is 0 Å². The summed E-state index contributed by atoms with van der Waals surface area (Å²) in [4.78, 5) is 14.3. The highest BCUT2D eigenvalue weighted by Gasteiger charge is 2.24. The van der Waals surface area contributed by atoms with Gasteiger partial charge in [0, 0.05) is 54.6 Å². The first-order chi connectivity index (χ1) is 18.2. The smallest absolute Gasteiger partial charge is 0.222 e. The topological polar surface area (TPSA) is 75.1 Å². The van der Waals surface area contributed by atoms with Crippen molar-refractivity contribution < 1.29 is 9.18 Å². The number of allylic oxidation sites excluding steroid dienone is 3. The van der Waals surface area contributed by atoms with Crippen molar-refractivity contribution in [3.05, 3.63) is 76.3 Å². The summed E-state index contributed by atoms with van der Waals surface area (Å²) in [5.74, 6) is -0.423. The van der Waals surface area contributed by atoms with E-state index in [4.69, 9.17) is 34.3 Å². The summed E-state index contributed by atoms with van der Waals surface area (Å²) in [7, 11) is 0. The minimum Gasteiger partial charge on any atom is -0.350 e. The Kier molecular flexibility index (Phi) is 11.2. The summed E-state index contributed by atoms with van der Waals surface area (Å²) in [5.41, 5.74) is 8.74. The van der Waals surface area contributed by atoms with Crippen molar-refractivity contribution in [2.24, 2.45) is 11.7 Å². The third-order valence-electron chi connectivity index (χ3n) is 7.52. The Labute approximate surface area is 236 Å². The van der Waals surface area contributed by atoms with Gasteiger partial charge >= 0.3 is 0 Å². The second-order valence-corrected chi connectivity index (χ2v) is 11.0. The van der Waals surface area contributed by atoms with Crippen molar-refractivity contribution >= 4 is 40.4 Å². The van der Waals surface area contributed by atoms with Gasteiger partial charge in [-0.15, -0.1) is 0 Å². The average molecular weight is 562 g/mol. The molecule has 3 N–H and O–H groups in total. The van der Waals surface area contributed by atoms with Crippen LogP contribution in [0.25, 0.3) is 5.57 Å². The van der Waals surface area contributed by atoms with E-state index in [0.717, 1.165) is 43.5 Å². The monoisotopic (exact) mass is 560 g/mol. The third-order valence-corrected chi connectivity index (χ3v) is 8.23. The number of piperidine rings is 1. The number of likely N-dealkylation sites (tertiary alicyclic amines) is 1. The number of aromatic nitrogens is 1. The lowest BCUT2D eigenvalue weighted by Crippen LogP contribution is -2.39. The highest BCUT2D eigenvalue weighted by atomic mass is 35.5. The predicted molar refractivity (Wildman–Crippen MR) is 157 cm³/mol. The Morgan fingerprint density at radius 1 is 1.26 bits per heavy atom. The van der Waals surface area contributed by atoms with E-state index in [0.29, 0.717) is 48.1 Å². The van der Waals surface area contributed by atoms with Crippen LogP contribution in [-0.4, -0.2) is 40.7 Å². The number of hydrogen-bond donors (Lipinski definition) is 2. The molecule has 1 aliphatic heterocycles. The zero-order chi connectivity index (χ0) is 27.8. The molecule has 0 spiro atoms. The maximum atomic E-state index is 14.0. The Hall–Kier alpha value is -2.41.